The number of hydrogen-bond acceptors (Lipinski definition) is 4. The molecule has 0 aliphatic rings. The molecule has 0 aromatic carbocycles. The summed E-state index contributed by atoms with van der Waals surface area (Å²) in [5.74, 6) is -0.189. The second-order valence-electron chi connectivity index (χ2n) is 5.83. The van der Waals surface area contributed by atoms with E-state index in [1.807, 2.05) is 20.8 Å². The normalized spacial score (nSPS) is 14.0. The van der Waals surface area contributed by atoms with Crippen LogP contribution in [0.3, 0.4) is 0 Å². The Morgan fingerprint density at radius 1 is 1.33 bits per heavy atom. The zero-order valence-electron chi connectivity index (χ0n) is 14.2. The van der Waals surface area contributed by atoms with E-state index in [2.05, 4.69) is 28.9 Å². The minimum absolute atomic E-state index is 0.189. The Morgan fingerprint density at radius 3 is 2.48 bits per heavy atom. The quantitative estimate of drug-likeness (QED) is 0.591. The van der Waals surface area contributed by atoms with E-state index < -0.39 is 5.54 Å². The lowest BCUT2D eigenvalue weighted by Gasteiger charge is -2.27. The summed E-state index contributed by atoms with van der Waals surface area (Å²) in [6.07, 6.45) is 2.72. The molecule has 0 aliphatic heterocycles. The molecule has 0 radical (unpaired) electrons. The van der Waals surface area contributed by atoms with Gasteiger partial charge in [0, 0.05) is 12.2 Å². The van der Waals surface area contributed by atoms with Crippen LogP contribution in [0.1, 0.15) is 50.1 Å². The van der Waals surface area contributed by atoms with Crippen molar-refractivity contribution in [2.45, 2.75) is 66.0 Å². The van der Waals surface area contributed by atoms with Gasteiger partial charge in [-0.15, -0.1) is 0 Å². The molecule has 0 aliphatic carbocycles. The zero-order chi connectivity index (χ0) is 16.0. The molecule has 5 nitrogen and oxygen atoms in total. The predicted octanol–water partition coefficient (Wildman–Crippen LogP) is 2.52. The smallest absolute Gasteiger partial charge is 0.325 e. The van der Waals surface area contributed by atoms with Crippen LogP contribution >= 0.6 is 0 Å². The van der Waals surface area contributed by atoms with Crippen molar-refractivity contribution >= 4 is 5.97 Å². The lowest BCUT2D eigenvalue weighted by molar-refractivity contribution is -0.148. The molecular weight excluding hydrogens is 266 g/mol. The van der Waals surface area contributed by atoms with E-state index in [9.17, 15) is 4.79 Å². The first-order chi connectivity index (χ1) is 9.85. The van der Waals surface area contributed by atoms with Crippen LogP contribution in [-0.2, 0) is 16.1 Å². The number of carbonyl (C=O) groups is 1. The van der Waals surface area contributed by atoms with Crippen LogP contribution in [0.2, 0.25) is 0 Å². The van der Waals surface area contributed by atoms with Crippen LogP contribution in [0.5, 0.6) is 0 Å². The Hall–Kier alpha value is -1.36. The minimum atomic E-state index is -0.589. The van der Waals surface area contributed by atoms with Gasteiger partial charge in [-0.05, 0) is 59.1 Å². The highest BCUT2D eigenvalue weighted by Gasteiger charge is 2.32. The summed E-state index contributed by atoms with van der Waals surface area (Å²) in [6.45, 7) is 11.8. The van der Waals surface area contributed by atoms with Gasteiger partial charge in [-0.25, -0.2) is 0 Å². The Morgan fingerprint density at radius 2 is 2.00 bits per heavy atom. The molecule has 0 spiro atoms. The topological polar surface area (TPSA) is 56.2 Å². The molecule has 1 atom stereocenters. The maximum absolute atomic E-state index is 11.9. The van der Waals surface area contributed by atoms with Gasteiger partial charge in [-0.3, -0.25) is 9.48 Å². The van der Waals surface area contributed by atoms with Gasteiger partial charge in [0.25, 0.3) is 0 Å². The zero-order valence-corrected chi connectivity index (χ0v) is 14.2. The summed E-state index contributed by atoms with van der Waals surface area (Å²) in [5.41, 5.74) is 3.01. The number of aryl methyl sites for hydroxylation is 2. The number of ether oxygens (including phenoxy) is 1. The number of carbonyl (C=O) groups excluding carboxylic acids is 1. The number of aromatic nitrogens is 2. The monoisotopic (exact) mass is 295 g/mol. The third kappa shape index (κ3) is 4.30. The first kappa shape index (κ1) is 17.7. The Balaban J connectivity index is 2.51. The number of nitrogens with zero attached hydrogens (tertiary/aromatic N) is 2. The maximum Gasteiger partial charge on any atom is 0.325 e. The summed E-state index contributed by atoms with van der Waals surface area (Å²) in [4.78, 5) is 11.9. The highest BCUT2D eigenvalue weighted by molar-refractivity contribution is 5.80. The van der Waals surface area contributed by atoms with Gasteiger partial charge in [-0.1, -0.05) is 6.92 Å². The van der Waals surface area contributed by atoms with Crippen LogP contribution < -0.4 is 5.32 Å². The number of hydrogen-bond donors (Lipinski definition) is 1. The summed E-state index contributed by atoms with van der Waals surface area (Å²) >= 11 is 0. The van der Waals surface area contributed by atoms with Crippen molar-refractivity contribution in [1.82, 2.24) is 15.1 Å². The second-order valence-corrected chi connectivity index (χ2v) is 5.83. The van der Waals surface area contributed by atoms with Crippen molar-refractivity contribution in [2.24, 2.45) is 0 Å². The second kappa shape index (κ2) is 7.59. The van der Waals surface area contributed by atoms with Gasteiger partial charge < -0.3 is 10.1 Å². The molecule has 0 fully saturated rings. The average Bonchev–Trinajstić information content (AvgIpc) is 2.70. The van der Waals surface area contributed by atoms with Gasteiger partial charge >= 0.3 is 5.97 Å². The van der Waals surface area contributed by atoms with E-state index in [-0.39, 0.29) is 5.97 Å². The fourth-order valence-corrected chi connectivity index (χ4v) is 2.62. The van der Waals surface area contributed by atoms with Crippen molar-refractivity contribution in [3.05, 3.63) is 17.0 Å². The van der Waals surface area contributed by atoms with Crippen molar-refractivity contribution in [3.63, 3.8) is 0 Å². The molecular formula is C16H29N3O2. The van der Waals surface area contributed by atoms with E-state index in [4.69, 9.17) is 4.74 Å². The average molecular weight is 295 g/mol. The fourth-order valence-electron chi connectivity index (χ4n) is 2.62. The lowest BCUT2D eigenvalue weighted by atomic mass is 9.94. The maximum atomic E-state index is 11.9. The molecule has 1 rings (SSSR count). The van der Waals surface area contributed by atoms with Crippen molar-refractivity contribution in [1.29, 1.82) is 0 Å². The summed E-state index contributed by atoms with van der Waals surface area (Å²) in [5, 5.41) is 7.78. The molecule has 1 unspecified atom stereocenters. The number of nitrogens with one attached hydrogen (secondary N) is 1. The number of likely N-dealkylation sites (N-methyl/N-ethyl adjacent to an activating group) is 1. The highest BCUT2D eigenvalue weighted by Crippen LogP contribution is 2.17. The van der Waals surface area contributed by atoms with Crippen LogP contribution in [0.25, 0.3) is 0 Å². The summed E-state index contributed by atoms with van der Waals surface area (Å²) < 4.78 is 6.97. The van der Waals surface area contributed by atoms with Crippen LogP contribution in [0, 0.1) is 20.8 Å². The Bertz CT molecular complexity index is 482. The van der Waals surface area contributed by atoms with Crippen LogP contribution in [0.4, 0.5) is 0 Å². The third-order valence-corrected chi connectivity index (χ3v) is 4.24. The molecule has 1 N–H and O–H groups in total. The molecule has 120 valence electrons. The number of methoxy groups -OCH3 is 1. The van der Waals surface area contributed by atoms with E-state index in [0.717, 1.165) is 38.0 Å². The Kier molecular flexibility index (Phi) is 6.40. The minimum Gasteiger partial charge on any atom is -0.468 e. The number of rotatable bonds is 8. The molecule has 0 bridgehead atoms. The summed E-state index contributed by atoms with van der Waals surface area (Å²) in [7, 11) is 1.44. The first-order valence-electron chi connectivity index (χ1n) is 7.69. The van der Waals surface area contributed by atoms with Gasteiger partial charge in [0.05, 0.1) is 12.8 Å². The van der Waals surface area contributed by atoms with E-state index in [1.54, 1.807) is 0 Å². The van der Waals surface area contributed by atoms with E-state index in [0.29, 0.717) is 0 Å². The van der Waals surface area contributed by atoms with E-state index >= 15 is 0 Å². The number of esters is 1. The molecule has 0 amide bonds. The van der Waals surface area contributed by atoms with Gasteiger partial charge in [0.2, 0.25) is 0 Å². The molecule has 5 heteroatoms. The van der Waals surface area contributed by atoms with Gasteiger partial charge in [0.1, 0.15) is 5.54 Å². The van der Waals surface area contributed by atoms with Crippen LogP contribution in [0.15, 0.2) is 0 Å². The lowest BCUT2D eigenvalue weighted by Crippen LogP contribution is -2.50. The van der Waals surface area contributed by atoms with Crippen molar-refractivity contribution < 1.29 is 9.53 Å². The van der Waals surface area contributed by atoms with Crippen LogP contribution in [-0.4, -0.2) is 34.9 Å². The fraction of sp³-hybridized carbons (Fsp3) is 0.750. The highest BCUT2D eigenvalue weighted by atomic mass is 16.5. The Labute approximate surface area is 128 Å². The largest absolute Gasteiger partial charge is 0.468 e. The third-order valence-electron chi connectivity index (χ3n) is 4.24. The molecule has 1 heterocycles. The molecule has 0 saturated carbocycles. The van der Waals surface area contributed by atoms with Crippen molar-refractivity contribution in [2.75, 3.05) is 13.7 Å². The molecule has 21 heavy (non-hydrogen) atoms. The number of unbranched alkanes of at least 4 members (excludes halogenated alkanes) is 1. The van der Waals surface area contributed by atoms with Crippen molar-refractivity contribution in [3.8, 4) is 0 Å². The summed E-state index contributed by atoms with van der Waals surface area (Å²) in [6, 6.07) is 0. The van der Waals surface area contributed by atoms with Gasteiger partial charge in [0.15, 0.2) is 0 Å². The predicted molar refractivity (Wildman–Crippen MR) is 84.4 cm³/mol. The SMILES string of the molecule is CCNC(C)(CCCCn1nc(C)c(C)c1C)C(=O)OC. The standard InChI is InChI=1S/C16H29N3O2/c1-7-17-16(5,15(20)21-6)10-8-9-11-19-14(4)12(2)13(3)18-19/h17H,7-11H2,1-6H3. The van der Waals surface area contributed by atoms with Gasteiger partial charge in [-0.2, -0.15) is 5.10 Å². The molecule has 1 aromatic heterocycles. The van der Waals surface area contributed by atoms with E-state index in [1.165, 1.54) is 18.4 Å². The molecule has 1 aromatic rings. The first-order valence-corrected chi connectivity index (χ1v) is 7.69. The molecule has 0 saturated heterocycles.